The fourth-order valence-electron chi connectivity index (χ4n) is 3.76. The summed E-state index contributed by atoms with van der Waals surface area (Å²) in [5, 5.41) is 3.02. The first-order valence-corrected chi connectivity index (χ1v) is 11.9. The quantitative estimate of drug-likeness (QED) is 0.728. The number of nitrogens with zero attached hydrogens (tertiary/aromatic N) is 1. The average molecular weight is 416 g/mol. The second kappa shape index (κ2) is 9.41. The van der Waals surface area contributed by atoms with E-state index >= 15 is 0 Å². The molecule has 1 saturated heterocycles. The van der Waals surface area contributed by atoms with Gasteiger partial charge in [-0.15, -0.1) is 0 Å². The summed E-state index contributed by atoms with van der Waals surface area (Å²) in [6, 6.07) is 15.8. The molecule has 0 bridgehead atoms. The molecule has 7 heteroatoms. The van der Waals surface area contributed by atoms with Crippen LogP contribution in [-0.4, -0.2) is 44.6 Å². The van der Waals surface area contributed by atoms with E-state index in [0.717, 1.165) is 44.2 Å². The Bertz CT molecular complexity index is 945. The van der Waals surface area contributed by atoms with Crippen LogP contribution in [0.5, 0.6) is 0 Å². The molecule has 2 N–H and O–H groups in total. The van der Waals surface area contributed by atoms with Crippen molar-refractivity contribution in [3.63, 3.8) is 0 Å². The first kappa shape index (κ1) is 21.3. The van der Waals surface area contributed by atoms with Gasteiger partial charge >= 0.3 is 0 Å². The van der Waals surface area contributed by atoms with E-state index in [1.807, 2.05) is 25.1 Å². The predicted octanol–water partition coefficient (Wildman–Crippen LogP) is 3.15. The molecule has 1 fully saturated rings. The normalized spacial score (nSPS) is 17.7. The summed E-state index contributed by atoms with van der Waals surface area (Å²) in [7, 11) is -3.46. The summed E-state index contributed by atoms with van der Waals surface area (Å²) in [6.07, 6.45) is 4.43. The number of carbonyl (C=O) groups is 1. The highest BCUT2D eigenvalue weighted by atomic mass is 32.2. The number of aryl methyl sites for hydroxylation is 1. The van der Waals surface area contributed by atoms with Crippen LogP contribution in [0.25, 0.3) is 0 Å². The Kier molecular flexibility index (Phi) is 6.92. The zero-order valence-corrected chi connectivity index (χ0v) is 17.8. The molecule has 3 rings (SSSR count). The number of nitrogens with one attached hydrogen (secondary N) is 2. The van der Waals surface area contributed by atoms with Crippen LogP contribution in [0.1, 0.15) is 40.7 Å². The van der Waals surface area contributed by atoms with Gasteiger partial charge in [-0.1, -0.05) is 48.4 Å². The van der Waals surface area contributed by atoms with Gasteiger partial charge in [0.2, 0.25) is 10.0 Å². The van der Waals surface area contributed by atoms with Gasteiger partial charge in [0, 0.05) is 19.1 Å². The smallest absolute Gasteiger partial charge is 0.253 e. The van der Waals surface area contributed by atoms with Crippen molar-refractivity contribution in [2.45, 2.75) is 38.8 Å². The number of rotatable bonds is 7. The SMILES string of the molecule is Cc1ccc(NS(C)(=O)=O)c(C(=O)NCC2CCCCN2Cc2ccccc2)c1. The van der Waals surface area contributed by atoms with Crippen molar-refractivity contribution >= 4 is 21.6 Å². The zero-order valence-electron chi connectivity index (χ0n) is 17.0. The topological polar surface area (TPSA) is 78.5 Å². The van der Waals surface area contributed by atoms with Crippen molar-refractivity contribution in [1.29, 1.82) is 0 Å². The minimum atomic E-state index is -3.46. The number of anilines is 1. The molecule has 1 aliphatic rings. The first-order valence-electron chi connectivity index (χ1n) is 9.96. The fraction of sp³-hybridized carbons (Fsp3) is 0.409. The Labute approximate surface area is 173 Å². The van der Waals surface area contributed by atoms with E-state index < -0.39 is 10.0 Å². The summed E-state index contributed by atoms with van der Waals surface area (Å²) in [4.78, 5) is 15.3. The third-order valence-electron chi connectivity index (χ3n) is 5.19. The maximum absolute atomic E-state index is 12.8. The third-order valence-corrected chi connectivity index (χ3v) is 5.78. The van der Waals surface area contributed by atoms with E-state index in [1.165, 1.54) is 5.56 Å². The lowest BCUT2D eigenvalue weighted by Gasteiger charge is -2.36. The van der Waals surface area contributed by atoms with Crippen molar-refractivity contribution in [2.75, 3.05) is 24.1 Å². The van der Waals surface area contributed by atoms with Crippen molar-refractivity contribution in [1.82, 2.24) is 10.2 Å². The van der Waals surface area contributed by atoms with Crippen LogP contribution in [0, 0.1) is 6.92 Å². The third kappa shape index (κ3) is 6.30. The van der Waals surface area contributed by atoms with Crippen LogP contribution in [0.2, 0.25) is 0 Å². The maximum Gasteiger partial charge on any atom is 0.253 e. The number of benzene rings is 2. The van der Waals surface area contributed by atoms with Gasteiger partial charge in [-0.25, -0.2) is 8.42 Å². The van der Waals surface area contributed by atoms with Gasteiger partial charge in [-0.05, 0) is 44.0 Å². The number of sulfonamides is 1. The summed E-state index contributed by atoms with van der Waals surface area (Å²) >= 11 is 0. The molecule has 0 spiro atoms. The summed E-state index contributed by atoms with van der Waals surface area (Å²) in [5.41, 5.74) is 2.82. The van der Waals surface area contributed by atoms with Crippen LogP contribution in [-0.2, 0) is 16.6 Å². The number of piperidine rings is 1. The fourth-order valence-corrected chi connectivity index (χ4v) is 4.34. The molecule has 29 heavy (non-hydrogen) atoms. The Hall–Kier alpha value is -2.38. The second-order valence-corrected chi connectivity index (χ2v) is 9.49. The molecular formula is C22H29N3O3S. The molecule has 0 saturated carbocycles. The summed E-state index contributed by atoms with van der Waals surface area (Å²) in [5.74, 6) is -0.259. The Morgan fingerprint density at radius 2 is 1.90 bits per heavy atom. The summed E-state index contributed by atoms with van der Waals surface area (Å²) in [6.45, 7) is 4.30. The van der Waals surface area contributed by atoms with Crippen molar-refractivity contribution < 1.29 is 13.2 Å². The van der Waals surface area contributed by atoms with Gasteiger partial charge in [-0.2, -0.15) is 0 Å². The van der Waals surface area contributed by atoms with Crippen LogP contribution >= 0.6 is 0 Å². The lowest BCUT2D eigenvalue weighted by Crippen LogP contribution is -2.46. The standard InChI is InChI=1S/C22H29N3O3S/c1-17-11-12-21(24-29(2,27)28)20(14-17)22(26)23-15-19-10-6-7-13-25(19)16-18-8-4-3-5-9-18/h3-5,8-9,11-12,14,19,24H,6-7,10,13,15-16H2,1-2H3,(H,23,26). The number of hydrogen-bond acceptors (Lipinski definition) is 4. The maximum atomic E-state index is 12.8. The van der Waals surface area contributed by atoms with Crippen molar-refractivity contribution in [3.05, 3.63) is 65.2 Å². The number of hydrogen-bond donors (Lipinski definition) is 2. The van der Waals surface area contributed by atoms with E-state index in [2.05, 4.69) is 27.1 Å². The van der Waals surface area contributed by atoms with Crippen LogP contribution in [0.15, 0.2) is 48.5 Å². The average Bonchev–Trinajstić information content (AvgIpc) is 2.68. The minimum absolute atomic E-state index is 0.259. The first-order chi connectivity index (χ1) is 13.8. The van der Waals surface area contributed by atoms with E-state index in [1.54, 1.807) is 18.2 Å². The molecular weight excluding hydrogens is 386 g/mol. The van der Waals surface area contributed by atoms with Crippen LogP contribution < -0.4 is 10.0 Å². The predicted molar refractivity (Wildman–Crippen MR) is 116 cm³/mol. The van der Waals surface area contributed by atoms with E-state index in [-0.39, 0.29) is 11.9 Å². The molecule has 2 aromatic carbocycles. The Morgan fingerprint density at radius 3 is 2.62 bits per heavy atom. The number of carbonyl (C=O) groups excluding carboxylic acids is 1. The van der Waals surface area contributed by atoms with Crippen LogP contribution in [0.3, 0.4) is 0 Å². The monoisotopic (exact) mass is 415 g/mol. The minimum Gasteiger partial charge on any atom is -0.350 e. The van der Waals surface area contributed by atoms with Gasteiger partial charge < -0.3 is 5.32 Å². The van der Waals surface area contributed by atoms with Crippen molar-refractivity contribution in [3.8, 4) is 0 Å². The highest BCUT2D eigenvalue weighted by molar-refractivity contribution is 7.92. The molecule has 6 nitrogen and oxygen atoms in total. The van der Waals surface area contributed by atoms with E-state index in [0.29, 0.717) is 17.8 Å². The molecule has 1 atom stereocenters. The molecule has 1 unspecified atom stereocenters. The zero-order chi connectivity index (χ0) is 20.9. The van der Waals surface area contributed by atoms with Crippen LogP contribution in [0.4, 0.5) is 5.69 Å². The number of likely N-dealkylation sites (tertiary alicyclic amines) is 1. The largest absolute Gasteiger partial charge is 0.350 e. The van der Waals surface area contributed by atoms with Gasteiger partial charge in [0.1, 0.15) is 0 Å². The van der Waals surface area contributed by atoms with Crippen molar-refractivity contribution in [2.24, 2.45) is 0 Å². The van der Waals surface area contributed by atoms with E-state index in [4.69, 9.17) is 0 Å². The molecule has 156 valence electrons. The number of amides is 1. The molecule has 1 aliphatic heterocycles. The lowest BCUT2D eigenvalue weighted by molar-refractivity contribution is 0.0908. The molecule has 0 aliphatic carbocycles. The molecule has 1 heterocycles. The van der Waals surface area contributed by atoms with Gasteiger partial charge in [0.05, 0.1) is 17.5 Å². The Balaban J connectivity index is 1.68. The lowest BCUT2D eigenvalue weighted by atomic mass is 10.0. The highest BCUT2D eigenvalue weighted by Gasteiger charge is 2.24. The van der Waals surface area contributed by atoms with Gasteiger partial charge in [0.15, 0.2) is 0 Å². The molecule has 0 aromatic heterocycles. The highest BCUT2D eigenvalue weighted by Crippen LogP contribution is 2.21. The summed E-state index contributed by atoms with van der Waals surface area (Å²) < 4.78 is 25.7. The molecule has 0 radical (unpaired) electrons. The Morgan fingerprint density at radius 1 is 1.14 bits per heavy atom. The second-order valence-electron chi connectivity index (χ2n) is 7.74. The van der Waals surface area contributed by atoms with E-state index in [9.17, 15) is 13.2 Å². The van der Waals surface area contributed by atoms with Gasteiger partial charge in [0.25, 0.3) is 5.91 Å². The molecule has 2 aromatic rings. The molecule has 1 amide bonds. The van der Waals surface area contributed by atoms with Gasteiger partial charge in [-0.3, -0.25) is 14.4 Å².